The fourth-order valence-electron chi connectivity index (χ4n) is 17.1. The molecule has 0 amide bonds. The quantitative estimate of drug-likeness (QED) is 0.182. The van der Waals surface area contributed by atoms with Crippen molar-refractivity contribution in [3.63, 3.8) is 0 Å². The SMILES string of the molecule is CC.CC.Cc1cc(C)n(C2CC3(C2)CN(C)C3)n1.Cc1cc(C)n(C2CC3(C2)CN(C)C3)n1.Cc1nn(C2CC3(C2)CN(C)C3)c(C)c1C.Cc1nn(C2CC3(C2)CN(C)C3)c(C)c1C.Cc1nn(C2CC3(CNC3)C2)c(C)c1C. The Balaban J connectivity index is 0.000000120. The second-order valence-electron chi connectivity index (χ2n) is 28.6. The highest BCUT2D eigenvalue weighted by atomic mass is 15.4. The zero-order chi connectivity index (χ0) is 58.9. The summed E-state index contributed by atoms with van der Waals surface area (Å²) in [6, 6.07) is 7.71. The molecular weight excluding hydrogens is 1000 g/mol. The molecule has 15 heteroatoms. The van der Waals surface area contributed by atoms with Gasteiger partial charge in [0.2, 0.25) is 0 Å². The topological polar surface area (TPSA) is 114 Å². The fourth-order valence-corrected chi connectivity index (χ4v) is 17.1. The Morgan fingerprint density at radius 3 is 0.716 bits per heavy atom. The van der Waals surface area contributed by atoms with E-state index in [1.54, 1.807) is 0 Å². The standard InChI is InChI=1S/2C13H21N3.3C12H19N3.2C2H6/c2*1-9-10(2)14-16(11(9)3)12-5-13(6-12)7-15(4)8-13;2*1-9-4-10(2)15(13-9)11-5-12(6-11)7-14(3)8-12;1-8-9(2)14-15(10(8)3)11-4-12(5-11)6-13-7-12;2*1-2/h2*12H,5-8H2,1-4H3;2*4,11H,5-8H2,1-3H3;11,13H,4-7H2,1-3H3;2*1-2H3. The number of hydrogen-bond donors (Lipinski definition) is 1. The van der Waals surface area contributed by atoms with Crippen molar-refractivity contribution in [2.75, 3.05) is 93.6 Å². The lowest BCUT2D eigenvalue weighted by Gasteiger charge is -2.58. The summed E-state index contributed by atoms with van der Waals surface area (Å²) in [7, 11) is 8.85. The average Bonchev–Trinajstić information content (AvgIpc) is 4.24. The summed E-state index contributed by atoms with van der Waals surface area (Å²) in [6.45, 7) is 48.8. The van der Waals surface area contributed by atoms with Crippen LogP contribution in [0.4, 0.5) is 0 Å². The Morgan fingerprint density at radius 1 is 0.333 bits per heavy atom. The van der Waals surface area contributed by atoms with Crippen LogP contribution in [-0.2, 0) is 0 Å². The molecule has 10 aliphatic rings. The molecule has 1 N–H and O–H groups in total. The predicted octanol–water partition coefficient (Wildman–Crippen LogP) is 11.5. The Bertz CT molecular complexity index is 2750. The zero-order valence-electron chi connectivity index (χ0n) is 54.9. The molecule has 5 aromatic rings. The number of hydrogen-bond acceptors (Lipinski definition) is 10. The molecule has 0 unspecified atom stereocenters. The normalized spacial score (nSPS) is 26.3. The summed E-state index contributed by atoms with van der Waals surface area (Å²) in [5, 5.41) is 26.5. The van der Waals surface area contributed by atoms with Crippen LogP contribution < -0.4 is 5.32 Å². The minimum atomic E-state index is 0.644. The van der Waals surface area contributed by atoms with Gasteiger partial charge < -0.3 is 24.9 Å². The maximum atomic E-state index is 4.68. The number of nitrogens with one attached hydrogen (secondary N) is 1. The summed E-state index contributed by atoms with van der Waals surface area (Å²) in [5.74, 6) is 0. The van der Waals surface area contributed by atoms with Crippen molar-refractivity contribution in [2.45, 2.75) is 212 Å². The van der Waals surface area contributed by atoms with Gasteiger partial charge in [0.25, 0.3) is 0 Å². The third-order valence-electron chi connectivity index (χ3n) is 21.4. The summed E-state index contributed by atoms with van der Waals surface area (Å²) < 4.78 is 11.3. The van der Waals surface area contributed by atoms with Crippen LogP contribution in [0.5, 0.6) is 0 Å². The van der Waals surface area contributed by atoms with E-state index >= 15 is 0 Å². The van der Waals surface area contributed by atoms with Gasteiger partial charge in [-0.3, -0.25) is 23.4 Å². The summed E-state index contributed by atoms with van der Waals surface area (Å²) in [5.41, 5.74) is 20.0. The van der Waals surface area contributed by atoms with E-state index in [0.717, 1.165) is 11.4 Å². The highest BCUT2D eigenvalue weighted by Crippen LogP contribution is 2.57. The number of aromatic nitrogens is 10. The highest BCUT2D eigenvalue weighted by molar-refractivity contribution is 5.26. The molecule has 450 valence electrons. The molecule has 0 radical (unpaired) electrons. The van der Waals surface area contributed by atoms with Crippen LogP contribution in [0.1, 0.15) is 196 Å². The molecule has 5 aliphatic heterocycles. The number of aryl methyl sites for hydroxylation is 7. The van der Waals surface area contributed by atoms with Crippen molar-refractivity contribution in [1.82, 2.24) is 73.8 Å². The van der Waals surface area contributed by atoms with Crippen LogP contribution >= 0.6 is 0 Å². The van der Waals surface area contributed by atoms with Crippen molar-refractivity contribution in [2.24, 2.45) is 27.1 Å². The summed E-state index contributed by atoms with van der Waals surface area (Å²) in [4.78, 5) is 9.67. The summed E-state index contributed by atoms with van der Waals surface area (Å²) >= 11 is 0. The zero-order valence-corrected chi connectivity index (χ0v) is 54.9. The first kappa shape index (κ1) is 61.4. The molecule has 0 atom stereocenters. The molecule has 5 spiro atoms. The number of nitrogens with zero attached hydrogens (tertiary/aromatic N) is 14. The monoisotopic (exact) mass is 1110 g/mol. The van der Waals surface area contributed by atoms with Crippen LogP contribution in [0, 0.1) is 117 Å². The average molecular weight is 1110 g/mol. The van der Waals surface area contributed by atoms with Crippen LogP contribution in [0.15, 0.2) is 12.1 Å². The lowest BCUT2D eigenvalue weighted by molar-refractivity contribution is -0.0792. The molecule has 15 rings (SSSR count). The van der Waals surface area contributed by atoms with Crippen LogP contribution in [0.25, 0.3) is 0 Å². The maximum Gasteiger partial charge on any atom is 0.0625 e. The van der Waals surface area contributed by atoms with E-state index in [0.29, 0.717) is 57.3 Å². The van der Waals surface area contributed by atoms with Crippen molar-refractivity contribution in [1.29, 1.82) is 0 Å². The summed E-state index contributed by atoms with van der Waals surface area (Å²) in [6.07, 6.45) is 13.3. The van der Waals surface area contributed by atoms with Gasteiger partial charge in [0.05, 0.1) is 58.7 Å². The van der Waals surface area contributed by atoms with E-state index in [-0.39, 0.29) is 0 Å². The second-order valence-corrected chi connectivity index (χ2v) is 28.6. The van der Waals surface area contributed by atoms with Gasteiger partial charge in [-0.15, -0.1) is 0 Å². The first-order valence-electron chi connectivity index (χ1n) is 31.9. The largest absolute Gasteiger partial charge is 0.316 e. The molecule has 15 nitrogen and oxygen atoms in total. The number of likely N-dealkylation sites (tertiary alicyclic amines) is 4. The molecule has 0 bridgehead atoms. The van der Waals surface area contributed by atoms with Gasteiger partial charge in [0, 0.05) is 93.9 Å². The lowest BCUT2D eigenvalue weighted by Crippen LogP contribution is -2.60. The van der Waals surface area contributed by atoms with Gasteiger partial charge in [-0.25, -0.2) is 0 Å². The van der Waals surface area contributed by atoms with E-state index in [9.17, 15) is 0 Å². The van der Waals surface area contributed by atoms with Gasteiger partial charge in [-0.05, 0) is 238 Å². The minimum absolute atomic E-state index is 0.644. The Morgan fingerprint density at radius 2 is 0.556 bits per heavy atom. The molecule has 5 saturated heterocycles. The van der Waals surface area contributed by atoms with E-state index in [1.807, 2.05) is 27.7 Å². The molecule has 10 fully saturated rings. The van der Waals surface area contributed by atoms with Crippen LogP contribution in [0.2, 0.25) is 0 Å². The Kier molecular flexibility index (Phi) is 17.7. The second kappa shape index (κ2) is 23.4. The lowest BCUT2D eigenvalue weighted by atomic mass is 9.61. The van der Waals surface area contributed by atoms with Gasteiger partial charge in [-0.1, -0.05) is 27.7 Å². The van der Waals surface area contributed by atoms with Gasteiger partial charge in [0.15, 0.2) is 0 Å². The van der Waals surface area contributed by atoms with E-state index < -0.39 is 0 Å². The molecular formula is C66H111N15. The fraction of sp³-hybridized carbons (Fsp3) is 0.773. The smallest absolute Gasteiger partial charge is 0.0625 e. The molecule has 81 heavy (non-hydrogen) atoms. The van der Waals surface area contributed by atoms with Crippen molar-refractivity contribution >= 4 is 0 Å². The third-order valence-corrected chi connectivity index (χ3v) is 21.4. The van der Waals surface area contributed by atoms with Crippen molar-refractivity contribution < 1.29 is 0 Å². The van der Waals surface area contributed by atoms with Gasteiger partial charge in [0.1, 0.15) is 0 Å². The Hall–Kier alpha value is -4.15. The Labute approximate surface area is 490 Å². The molecule has 5 aromatic heterocycles. The highest BCUT2D eigenvalue weighted by Gasteiger charge is 2.55. The van der Waals surface area contributed by atoms with Crippen LogP contribution in [0.3, 0.4) is 0 Å². The minimum Gasteiger partial charge on any atom is -0.316 e. The van der Waals surface area contributed by atoms with Crippen molar-refractivity contribution in [3.05, 3.63) is 85.8 Å². The van der Waals surface area contributed by atoms with E-state index in [4.69, 9.17) is 0 Å². The first-order valence-corrected chi connectivity index (χ1v) is 31.9. The molecule has 5 saturated carbocycles. The molecule has 0 aromatic carbocycles. The van der Waals surface area contributed by atoms with Crippen LogP contribution in [-0.4, -0.2) is 162 Å². The predicted molar refractivity (Wildman–Crippen MR) is 332 cm³/mol. The third kappa shape index (κ3) is 12.0. The molecule has 5 aliphatic carbocycles. The molecule has 10 heterocycles. The van der Waals surface area contributed by atoms with Gasteiger partial charge in [-0.2, -0.15) is 25.5 Å². The van der Waals surface area contributed by atoms with E-state index in [1.165, 1.54) is 192 Å². The first-order chi connectivity index (χ1) is 38.3. The van der Waals surface area contributed by atoms with Gasteiger partial charge >= 0.3 is 0 Å². The van der Waals surface area contributed by atoms with Crippen molar-refractivity contribution in [3.8, 4) is 0 Å². The maximum absolute atomic E-state index is 4.68. The van der Waals surface area contributed by atoms with E-state index in [2.05, 4.69) is 204 Å². The number of rotatable bonds is 5.